The molecule has 0 aliphatic rings. The first-order chi connectivity index (χ1) is 8.65. The van der Waals surface area contributed by atoms with Crippen LogP contribution in [0.2, 0.25) is 5.02 Å². The first-order valence-electron chi connectivity index (χ1n) is 4.84. The maximum Gasteiger partial charge on any atom is 0.321 e. The van der Waals surface area contributed by atoms with Crippen LogP contribution in [0.3, 0.4) is 0 Å². The maximum atomic E-state index is 11.8. The summed E-state index contributed by atoms with van der Waals surface area (Å²) < 4.78 is 25.5. The number of hydrogen-bond donors (Lipinski definition) is 2. The molecule has 1 unspecified atom stereocenters. The van der Waals surface area contributed by atoms with Gasteiger partial charge in [0.15, 0.2) is 0 Å². The molecule has 0 saturated carbocycles. The number of benzene rings is 1. The largest absolute Gasteiger partial charge is 0.480 e. The second-order valence-electron chi connectivity index (χ2n) is 3.55. The van der Waals surface area contributed by atoms with E-state index in [9.17, 15) is 23.3 Å². The van der Waals surface area contributed by atoms with Gasteiger partial charge in [0.1, 0.15) is 10.9 Å². The second-order valence-corrected chi connectivity index (χ2v) is 5.64. The predicted molar refractivity (Wildman–Crippen MR) is 65.5 cm³/mol. The minimum atomic E-state index is -4.16. The van der Waals surface area contributed by atoms with Crippen molar-refractivity contribution in [2.45, 2.75) is 17.9 Å². The monoisotopic (exact) mass is 308 g/mol. The van der Waals surface area contributed by atoms with Crippen molar-refractivity contribution in [3.63, 3.8) is 0 Å². The van der Waals surface area contributed by atoms with E-state index in [1.165, 1.54) is 0 Å². The molecule has 0 bridgehead atoms. The van der Waals surface area contributed by atoms with E-state index in [0.29, 0.717) is 0 Å². The Morgan fingerprint density at radius 1 is 1.53 bits per heavy atom. The van der Waals surface area contributed by atoms with Gasteiger partial charge in [-0.25, -0.2) is 8.42 Å². The first kappa shape index (κ1) is 15.3. The Labute approximate surface area is 113 Å². The molecule has 0 saturated heterocycles. The van der Waals surface area contributed by atoms with Crippen molar-refractivity contribution in [2.24, 2.45) is 0 Å². The lowest BCUT2D eigenvalue weighted by molar-refractivity contribution is -0.384. The molecule has 0 aliphatic heterocycles. The van der Waals surface area contributed by atoms with E-state index in [4.69, 9.17) is 16.7 Å². The van der Waals surface area contributed by atoms with Crippen molar-refractivity contribution in [1.29, 1.82) is 0 Å². The number of sulfonamides is 1. The van der Waals surface area contributed by atoms with Crippen LogP contribution < -0.4 is 4.72 Å². The van der Waals surface area contributed by atoms with Gasteiger partial charge in [-0.1, -0.05) is 11.6 Å². The molecular weight excluding hydrogens is 300 g/mol. The fourth-order valence-corrected chi connectivity index (χ4v) is 2.90. The van der Waals surface area contributed by atoms with Crippen LogP contribution in [0.4, 0.5) is 5.69 Å². The molecule has 0 radical (unpaired) electrons. The van der Waals surface area contributed by atoms with Crippen LogP contribution in [0, 0.1) is 10.1 Å². The van der Waals surface area contributed by atoms with Crippen molar-refractivity contribution < 1.29 is 23.2 Å². The van der Waals surface area contributed by atoms with Gasteiger partial charge >= 0.3 is 5.97 Å². The summed E-state index contributed by atoms with van der Waals surface area (Å²) in [6, 6.07) is 1.43. The van der Waals surface area contributed by atoms with Crippen molar-refractivity contribution in [2.75, 3.05) is 0 Å². The second kappa shape index (κ2) is 5.51. The standard InChI is InChI=1S/C9H9ClN2O6S/c1-5(9(13)14)11-19(17,18)8-3-2-6(12(15)16)4-7(8)10/h2-5,11H,1H3,(H,13,14). The van der Waals surface area contributed by atoms with Gasteiger partial charge in [0.05, 0.1) is 9.95 Å². The summed E-state index contributed by atoms with van der Waals surface area (Å²) in [4.78, 5) is 19.9. The summed E-state index contributed by atoms with van der Waals surface area (Å²) in [5, 5.41) is 18.8. The topological polar surface area (TPSA) is 127 Å². The predicted octanol–water partition coefficient (Wildman–Crippen LogP) is 1.000. The van der Waals surface area contributed by atoms with Gasteiger partial charge in [-0.15, -0.1) is 0 Å². The third-order valence-electron chi connectivity index (χ3n) is 2.12. The van der Waals surface area contributed by atoms with E-state index in [1.54, 1.807) is 0 Å². The summed E-state index contributed by atoms with van der Waals surface area (Å²) in [5.74, 6) is -1.36. The Kier molecular flexibility index (Phi) is 4.45. The Bertz CT molecular complexity index is 630. The number of carbonyl (C=O) groups is 1. The highest BCUT2D eigenvalue weighted by Crippen LogP contribution is 2.26. The lowest BCUT2D eigenvalue weighted by atomic mass is 10.3. The number of hydrogen-bond acceptors (Lipinski definition) is 5. The highest BCUT2D eigenvalue weighted by Gasteiger charge is 2.24. The summed E-state index contributed by atoms with van der Waals surface area (Å²) in [7, 11) is -4.16. The van der Waals surface area contributed by atoms with Crippen molar-refractivity contribution in [3.05, 3.63) is 33.3 Å². The summed E-state index contributed by atoms with van der Waals surface area (Å²) in [6.45, 7) is 1.14. The SMILES string of the molecule is CC(NS(=O)(=O)c1ccc([N+](=O)[O-])cc1Cl)C(=O)O. The molecule has 0 heterocycles. The average Bonchev–Trinajstić information content (AvgIpc) is 2.27. The minimum Gasteiger partial charge on any atom is -0.480 e. The zero-order valence-electron chi connectivity index (χ0n) is 9.53. The number of aliphatic carboxylic acids is 1. The summed E-state index contributed by atoms with van der Waals surface area (Å²) >= 11 is 5.65. The lowest BCUT2D eigenvalue weighted by Crippen LogP contribution is -2.38. The molecule has 1 rings (SSSR count). The molecule has 0 spiro atoms. The van der Waals surface area contributed by atoms with E-state index < -0.39 is 31.9 Å². The van der Waals surface area contributed by atoms with Gasteiger partial charge in [0, 0.05) is 12.1 Å². The summed E-state index contributed by atoms with van der Waals surface area (Å²) in [6.07, 6.45) is 0. The summed E-state index contributed by atoms with van der Waals surface area (Å²) in [5.41, 5.74) is -0.366. The molecule has 10 heteroatoms. The molecule has 2 N–H and O–H groups in total. The molecule has 104 valence electrons. The highest BCUT2D eigenvalue weighted by molar-refractivity contribution is 7.89. The van der Waals surface area contributed by atoms with E-state index >= 15 is 0 Å². The Morgan fingerprint density at radius 3 is 2.53 bits per heavy atom. The third-order valence-corrected chi connectivity index (χ3v) is 4.14. The van der Waals surface area contributed by atoms with Crippen LogP contribution >= 0.6 is 11.6 Å². The van der Waals surface area contributed by atoms with E-state index in [2.05, 4.69) is 0 Å². The molecule has 8 nitrogen and oxygen atoms in total. The molecular formula is C9H9ClN2O6S. The van der Waals surface area contributed by atoms with E-state index in [-0.39, 0.29) is 10.7 Å². The number of non-ortho nitro benzene ring substituents is 1. The molecule has 0 aliphatic carbocycles. The molecule has 19 heavy (non-hydrogen) atoms. The van der Waals surface area contributed by atoms with Gasteiger partial charge in [-0.05, 0) is 13.0 Å². The van der Waals surface area contributed by atoms with Gasteiger partial charge < -0.3 is 5.11 Å². The minimum absolute atomic E-state index is 0.362. The Hall–Kier alpha value is -1.71. The average molecular weight is 309 g/mol. The number of nitrogens with one attached hydrogen (secondary N) is 1. The van der Waals surface area contributed by atoms with Gasteiger partial charge in [-0.3, -0.25) is 14.9 Å². The lowest BCUT2D eigenvalue weighted by Gasteiger charge is -2.11. The van der Waals surface area contributed by atoms with Gasteiger partial charge in [0.2, 0.25) is 10.0 Å². The molecule has 0 amide bonds. The zero-order chi connectivity index (χ0) is 14.8. The van der Waals surface area contributed by atoms with E-state index in [1.807, 2.05) is 4.72 Å². The third kappa shape index (κ3) is 3.63. The number of carboxylic acids is 1. The molecule has 1 atom stereocenters. The zero-order valence-corrected chi connectivity index (χ0v) is 11.1. The number of carboxylic acid groups (broad SMARTS) is 1. The number of halogens is 1. The molecule has 1 aromatic rings. The number of nitro benzene ring substituents is 1. The molecule has 0 fully saturated rings. The van der Waals surface area contributed by atoms with E-state index in [0.717, 1.165) is 25.1 Å². The Morgan fingerprint density at radius 2 is 2.11 bits per heavy atom. The first-order valence-corrected chi connectivity index (χ1v) is 6.70. The smallest absolute Gasteiger partial charge is 0.321 e. The van der Waals surface area contributed by atoms with Crippen LogP contribution in [0.5, 0.6) is 0 Å². The quantitative estimate of drug-likeness (QED) is 0.617. The van der Waals surface area contributed by atoms with Crippen molar-refractivity contribution in [3.8, 4) is 0 Å². The van der Waals surface area contributed by atoms with Crippen molar-refractivity contribution in [1.82, 2.24) is 4.72 Å². The fourth-order valence-electron chi connectivity index (χ4n) is 1.17. The molecule has 0 aromatic heterocycles. The number of rotatable bonds is 5. The maximum absolute atomic E-state index is 11.8. The van der Waals surface area contributed by atoms with Crippen LogP contribution in [0.25, 0.3) is 0 Å². The number of nitro groups is 1. The van der Waals surface area contributed by atoms with Gasteiger partial charge in [0.25, 0.3) is 5.69 Å². The van der Waals surface area contributed by atoms with Crippen LogP contribution in [0.15, 0.2) is 23.1 Å². The van der Waals surface area contributed by atoms with Crippen molar-refractivity contribution >= 4 is 33.3 Å². The Balaban J connectivity index is 3.16. The molecule has 1 aromatic carbocycles. The number of nitrogens with zero attached hydrogens (tertiary/aromatic N) is 1. The fraction of sp³-hybridized carbons (Fsp3) is 0.222. The van der Waals surface area contributed by atoms with Gasteiger partial charge in [-0.2, -0.15) is 4.72 Å². The van der Waals surface area contributed by atoms with Crippen LogP contribution in [0.1, 0.15) is 6.92 Å². The van der Waals surface area contributed by atoms with Crippen LogP contribution in [-0.2, 0) is 14.8 Å². The van der Waals surface area contributed by atoms with Crippen LogP contribution in [-0.4, -0.2) is 30.5 Å². The normalized spacial score (nSPS) is 12.9. The highest BCUT2D eigenvalue weighted by atomic mass is 35.5.